The van der Waals surface area contributed by atoms with Crippen LogP contribution in [0.4, 0.5) is 0 Å². The standard InChI is InChI=1S/C14H33NO2Si/c1-8-11-12-15-18(16-13(4,5)9-2)17-14(6,7)10-3/h15,18H,8-12H2,1-7H3. The topological polar surface area (TPSA) is 30.5 Å². The van der Waals surface area contributed by atoms with Crippen LogP contribution in [-0.2, 0) is 8.85 Å². The van der Waals surface area contributed by atoms with E-state index in [-0.39, 0.29) is 11.2 Å². The average molecular weight is 276 g/mol. The van der Waals surface area contributed by atoms with Gasteiger partial charge in [-0.2, -0.15) is 0 Å². The Balaban J connectivity index is 4.42. The van der Waals surface area contributed by atoms with Crippen molar-refractivity contribution >= 4 is 9.45 Å². The van der Waals surface area contributed by atoms with Crippen LogP contribution in [0.15, 0.2) is 0 Å². The SMILES string of the molecule is CCCCN[SiH](OC(C)(C)CC)OC(C)(C)CC. The zero-order valence-corrected chi connectivity index (χ0v) is 14.6. The molecule has 0 aliphatic rings. The smallest absolute Gasteiger partial charge is 0.380 e. The van der Waals surface area contributed by atoms with E-state index in [1.807, 2.05) is 0 Å². The van der Waals surface area contributed by atoms with Crippen molar-refractivity contribution in [3.63, 3.8) is 0 Å². The molecule has 0 aromatic carbocycles. The molecule has 0 saturated heterocycles. The van der Waals surface area contributed by atoms with Crippen LogP contribution in [0, 0.1) is 0 Å². The highest BCUT2D eigenvalue weighted by atomic mass is 28.3. The summed E-state index contributed by atoms with van der Waals surface area (Å²) in [4.78, 5) is 3.50. The Morgan fingerprint density at radius 2 is 1.33 bits per heavy atom. The van der Waals surface area contributed by atoms with Gasteiger partial charge in [0.05, 0.1) is 11.2 Å². The van der Waals surface area contributed by atoms with E-state index in [4.69, 9.17) is 8.85 Å². The number of rotatable bonds is 10. The molecule has 3 nitrogen and oxygen atoms in total. The third kappa shape index (κ3) is 8.24. The minimum Gasteiger partial charge on any atom is -0.380 e. The first-order chi connectivity index (χ1) is 8.26. The highest BCUT2D eigenvalue weighted by Crippen LogP contribution is 2.19. The van der Waals surface area contributed by atoms with Crippen molar-refractivity contribution in [1.82, 2.24) is 4.98 Å². The lowest BCUT2D eigenvalue weighted by molar-refractivity contribution is 0.00837. The van der Waals surface area contributed by atoms with E-state index in [0.29, 0.717) is 0 Å². The molecule has 0 amide bonds. The summed E-state index contributed by atoms with van der Waals surface area (Å²) < 4.78 is 12.4. The number of hydrogen-bond acceptors (Lipinski definition) is 3. The summed E-state index contributed by atoms with van der Waals surface area (Å²) in [7, 11) is -1.80. The average Bonchev–Trinajstić information content (AvgIpc) is 2.28. The lowest BCUT2D eigenvalue weighted by Gasteiger charge is -2.34. The van der Waals surface area contributed by atoms with E-state index in [1.165, 1.54) is 12.8 Å². The van der Waals surface area contributed by atoms with E-state index in [0.717, 1.165) is 19.4 Å². The second kappa shape index (κ2) is 8.30. The van der Waals surface area contributed by atoms with Crippen molar-refractivity contribution < 1.29 is 8.85 Å². The zero-order valence-electron chi connectivity index (χ0n) is 13.4. The molecule has 0 aliphatic carbocycles. The number of nitrogens with one attached hydrogen (secondary N) is 1. The second-order valence-corrected chi connectivity index (χ2v) is 7.65. The van der Waals surface area contributed by atoms with Crippen LogP contribution in [-0.4, -0.2) is 27.2 Å². The second-order valence-electron chi connectivity index (χ2n) is 6.10. The van der Waals surface area contributed by atoms with Crippen LogP contribution in [0.2, 0.25) is 0 Å². The van der Waals surface area contributed by atoms with Gasteiger partial charge >= 0.3 is 9.45 Å². The lowest BCUT2D eigenvalue weighted by Crippen LogP contribution is -2.50. The zero-order chi connectivity index (χ0) is 14.2. The van der Waals surface area contributed by atoms with Crippen LogP contribution in [0.25, 0.3) is 0 Å². The molecule has 0 fully saturated rings. The van der Waals surface area contributed by atoms with Gasteiger partial charge in [0.2, 0.25) is 0 Å². The lowest BCUT2D eigenvalue weighted by atomic mass is 10.1. The number of unbranched alkanes of at least 4 members (excludes halogenated alkanes) is 1. The van der Waals surface area contributed by atoms with Crippen LogP contribution < -0.4 is 4.98 Å². The summed E-state index contributed by atoms with van der Waals surface area (Å²) in [6, 6.07) is 0. The predicted octanol–water partition coefficient (Wildman–Crippen LogP) is 3.50. The Morgan fingerprint density at radius 3 is 1.67 bits per heavy atom. The Bertz CT molecular complexity index is 202. The first-order valence-electron chi connectivity index (χ1n) is 7.35. The molecule has 0 spiro atoms. The molecule has 18 heavy (non-hydrogen) atoms. The highest BCUT2D eigenvalue weighted by molar-refractivity contribution is 6.41. The summed E-state index contributed by atoms with van der Waals surface area (Å²) in [5.74, 6) is 0. The van der Waals surface area contributed by atoms with Crippen molar-refractivity contribution in [3.8, 4) is 0 Å². The van der Waals surface area contributed by atoms with Crippen molar-refractivity contribution in [2.75, 3.05) is 6.54 Å². The fourth-order valence-corrected chi connectivity index (χ4v) is 3.40. The van der Waals surface area contributed by atoms with Gasteiger partial charge in [-0.3, -0.25) is 4.98 Å². The molecule has 0 atom stereocenters. The summed E-state index contributed by atoms with van der Waals surface area (Å²) in [5, 5.41) is 0. The van der Waals surface area contributed by atoms with Gasteiger partial charge in [0, 0.05) is 0 Å². The minimum absolute atomic E-state index is 0.0973. The Morgan fingerprint density at radius 1 is 0.889 bits per heavy atom. The van der Waals surface area contributed by atoms with Crippen molar-refractivity contribution in [1.29, 1.82) is 0 Å². The molecule has 0 unspecified atom stereocenters. The Kier molecular flexibility index (Phi) is 8.35. The first-order valence-corrected chi connectivity index (χ1v) is 8.87. The van der Waals surface area contributed by atoms with Gasteiger partial charge in [0.1, 0.15) is 0 Å². The minimum atomic E-state index is -1.80. The summed E-state index contributed by atoms with van der Waals surface area (Å²) >= 11 is 0. The maximum atomic E-state index is 6.18. The monoisotopic (exact) mass is 275 g/mol. The van der Waals surface area contributed by atoms with Crippen molar-refractivity contribution in [2.45, 2.75) is 85.4 Å². The van der Waals surface area contributed by atoms with Gasteiger partial charge in [0.25, 0.3) is 0 Å². The largest absolute Gasteiger partial charge is 0.409 e. The van der Waals surface area contributed by atoms with Crippen LogP contribution in [0.5, 0.6) is 0 Å². The maximum Gasteiger partial charge on any atom is 0.409 e. The van der Waals surface area contributed by atoms with Gasteiger partial charge < -0.3 is 8.85 Å². The number of hydrogen-bond donors (Lipinski definition) is 1. The van der Waals surface area contributed by atoms with Gasteiger partial charge in [0.15, 0.2) is 0 Å². The van der Waals surface area contributed by atoms with Crippen molar-refractivity contribution in [2.24, 2.45) is 0 Å². The first kappa shape index (κ1) is 18.1. The quantitative estimate of drug-likeness (QED) is 0.489. The Hall–Kier alpha value is 0.0969. The normalized spacial score (nSPS) is 13.3. The van der Waals surface area contributed by atoms with Gasteiger partial charge in [-0.1, -0.05) is 27.2 Å². The molecule has 0 radical (unpaired) electrons. The molecule has 0 saturated carbocycles. The summed E-state index contributed by atoms with van der Waals surface area (Å²) in [5.41, 5.74) is -0.195. The van der Waals surface area contributed by atoms with Crippen LogP contribution >= 0.6 is 0 Å². The van der Waals surface area contributed by atoms with Crippen LogP contribution in [0.1, 0.15) is 74.1 Å². The van der Waals surface area contributed by atoms with E-state index in [2.05, 4.69) is 53.4 Å². The molecule has 0 heterocycles. The summed E-state index contributed by atoms with van der Waals surface area (Å²) in [6.07, 6.45) is 4.38. The molecule has 0 bridgehead atoms. The molecular formula is C14H33NO2Si. The van der Waals surface area contributed by atoms with Crippen LogP contribution in [0.3, 0.4) is 0 Å². The molecule has 110 valence electrons. The van der Waals surface area contributed by atoms with Gasteiger partial charge in [-0.05, 0) is 53.5 Å². The van der Waals surface area contributed by atoms with E-state index in [9.17, 15) is 0 Å². The molecule has 0 aliphatic heterocycles. The van der Waals surface area contributed by atoms with Crippen molar-refractivity contribution in [3.05, 3.63) is 0 Å². The predicted molar refractivity (Wildman–Crippen MR) is 81.0 cm³/mol. The molecule has 4 heteroatoms. The fourth-order valence-electron chi connectivity index (χ4n) is 1.25. The molecule has 0 rings (SSSR count). The third-order valence-electron chi connectivity index (χ3n) is 3.40. The summed E-state index contributed by atoms with van der Waals surface area (Å²) in [6.45, 7) is 16.0. The molecule has 0 aromatic rings. The van der Waals surface area contributed by atoms with E-state index >= 15 is 0 Å². The molecular weight excluding hydrogens is 242 g/mol. The van der Waals surface area contributed by atoms with E-state index in [1.54, 1.807) is 0 Å². The fraction of sp³-hybridized carbons (Fsp3) is 1.00. The van der Waals surface area contributed by atoms with Gasteiger partial charge in [-0.15, -0.1) is 0 Å². The van der Waals surface area contributed by atoms with E-state index < -0.39 is 9.45 Å². The molecule has 1 N–H and O–H groups in total. The third-order valence-corrected chi connectivity index (χ3v) is 5.72. The maximum absolute atomic E-state index is 6.18. The molecule has 0 aromatic heterocycles. The highest BCUT2D eigenvalue weighted by Gasteiger charge is 2.29. The Labute approximate surface area is 116 Å². The van der Waals surface area contributed by atoms with Gasteiger partial charge in [-0.25, -0.2) is 0 Å².